The molecule has 1 unspecified atom stereocenters. The first-order chi connectivity index (χ1) is 6.20. The molecule has 1 fully saturated rings. The van der Waals surface area contributed by atoms with Gasteiger partial charge in [-0.1, -0.05) is 0 Å². The molecule has 1 saturated heterocycles. The predicted octanol–water partition coefficient (Wildman–Crippen LogP) is -0.124. The molecule has 1 amide bonds. The highest BCUT2D eigenvalue weighted by Gasteiger charge is 2.15. The normalized spacial score (nSPS) is 21.1. The SMILES string of the molecule is CC(N)C(=O)NCC1CCOCC1. The van der Waals surface area contributed by atoms with Gasteiger partial charge in [-0.15, -0.1) is 0 Å². The summed E-state index contributed by atoms with van der Waals surface area (Å²) < 4.78 is 5.22. The monoisotopic (exact) mass is 186 g/mol. The van der Waals surface area contributed by atoms with Crippen molar-refractivity contribution >= 4 is 5.91 Å². The molecule has 1 aliphatic rings. The number of hydrogen-bond donors (Lipinski definition) is 2. The summed E-state index contributed by atoms with van der Waals surface area (Å²) in [5, 5.41) is 2.83. The van der Waals surface area contributed by atoms with E-state index in [1.165, 1.54) is 0 Å². The molecule has 0 radical (unpaired) electrons. The molecule has 0 aliphatic carbocycles. The number of nitrogens with one attached hydrogen (secondary N) is 1. The number of nitrogens with two attached hydrogens (primary N) is 1. The minimum Gasteiger partial charge on any atom is -0.381 e. The first-order valence-corrected chi connectivity index (χ1v) is 4.81. The fraction of sp³-hybridized carbons (Fsp3) is 0.889. The van der Waals surface area contributed by atoms with Crippen LogP contribution < -0.4 is 11.1 Å². The van der Waals surface area contributed by atoms with Crippen LogP contribution in [0.25, 0.3) is 0 Å². The third-order valence-electron chi connectivity index (χ3n) is 2.32. The Kier molecular flexibility index (Phi) is 4.18. The van der Waals surface area contributed by atoms with Gasteiger partial charge in [-0.3, -0.25) is 4.79 Å². The Labute approximate surface area is 78.8 Å². The molecule has 0 aromatic rings. The quantitative estimate of drug-likeness (QED) is 0.645. The maximum absolute atomic E-state index is 11.1. The van der Waals surface area contributed by atoms with E-state index in [4.69, 9.17) is 10.5 Å². The molecule has 0 aromatic heterocycles. The van der Waals surface area contributed by atoms with Crippen LogP contribution in [-0.2, 0) is 9.53 Å². The van der Waals surface area contributed by atoms with E-state index < -0.39 is 6.04 Å². The molecular formula is C9H18N2O2. The fourth-order valence-corrected chi connectivity index (χ4v) is 1.36. The summed E-state index contributed by atoms with van der Waals surface area (Å²) in [6.45, 7) is 4.07. The van der Waals surface area contributed by atoms with E-state index in [0.29, 0.717) is 5.92 Å². The lowest BCUT2D eigenvalue weighted by Crippen LogP contribution is -2.41. The van der Waals surface area contributed by atoms with Gasteiger partial charge in [-0.05, 0) is 25.7 Å². The molecule has 0 aromatic carbocycles. The number of amides is 1. The Balaban J connectivity index is 2.13. The van der Waals surface area contributed by atoms with Gasteiger partial charge in [0, 0.05) is 19.8 Å². The highest BCUT2D eigenvalue weighted by molar-refractivity contribution is 5.80. The molecular weight excluding hydrogens is 168 g/mol. The summed E-state index contributed by atoms with van der Waals surface area (Å²) in [6.07, 6.45) is 2.08. The summed E-state index contributed by atoms with van der Waals surface area (Å²) >= 11 is 0. The molecule has 1 atom stereocenters. The predicted molar refractivity (Wildman–Crippen MR) is 50.2 cm³/mol. The minimum atomic E-state index is -0.403. The van der Waals surface area contributed by atoms with Gasteiger partial charge >= 0.3 is 0 Å². The zero-order chi connectivity index (χ0) is 9.68. The van der Waals surface area contributed by atoms with Crippen molar-refractivity contribution in [2.75, 3.05) is 19.8 Å². The fourth-order valence-electron chi connectivity index (χ4n) is 1.36. The summed E-state index contributed by atoms with van der Waals surface area (Å²) in [4.78, 5) is 11.1. The van der Waals surface area contributed by atoms with Crippen LogP contribution in [0.3, 0.4) is 0 Å². The van der Waals surface area contributed by atoms with E-state index in [-0.39, 0.29) is 5.91 Å². The van der Waals surface area contributed by atoms with E-state index >= 15 is 0 Å². The maximum atomic E-state index is 11.1. The summed E-state index contributed by atoms with van der Waals surface area (Å²) in [7, 11) is 0. The molecule has 4 heteroatoms. The second-order valence-corrected chi connectivity index (χ2v) is 3.59. The highest BCUT2D eigenvalue weighted by atomic mass is 16.5. The van der Waals surface area contributed by atoms with Crippen molar-refractivity contribution in [2.24, 2.45) is 11.7 Å². The van der Waals surface area contributed by atoms with Gasteiger partial charge in [0.1, 0.15) is 0 Å². The number of rotatable bonds is 3. The Bertz CT molecular complexity index is 165. The van der Waals surface area contributed by atoms with Gasteiger partial charge in [0.05, 0.1) is 6.04 Å². The van der Waals surface area contributed by atoms with Crippen LogP contribution in [-0.4, -0.2) is 31.7 Å². The number of hydrogen-bond acceptors (Lipinski definition) is 3. The molecule has 13 heavy (non-hydrogen) atoms. The molecule has 0 bridgehead atoms. The first kappa shape index (κ1) is 10.5. The van der Waals surface area contributed by atoms with Crippen molar-refractivity contribution in [1.29, 1.82) is 0 Å². The van der Waals surface area contributed by atoms with E-state index in [1.54, 1.807) is 6.92 Å². The lowest BCUT2D eigenvalue weighted by molar-refractivity contribution is -0.122. The molecule has 3 N–H and O–H groups in total. The summed E-state index contributed by atoms with van der Waals surface area (Å²) in [5.74, 6) is 0.503. The van der Waals surface area contributed by atoms with E-state index in [2.05, 4.69) is 5.32 Å². The van der Waals surface area contributed by atoms with Crippen molar-refractivity contribution in [3.8, 4) is 0 Å². The lowest BCUT2D eigenvalue weighted by Gasteiger charge is -2.22. The highest BCUT2D eigenvalue weighted by Crippen LogP contribution is 2.12. The summed E-state index contributed by atoms with van der Waals surface area (Å²) in [5.41, 5.74) is 5.41. The van der Waals surface area contributed by atoms with E-state index in [9.17, 15) is 4.79 Å². The maximum Gasteiger partial charge on any atom is 0.236 e. The van der Waals surface area contributed by atoms with Gasteiger partial charge in [0.2, 0.25) is 5.91 Å². The minimum absolute atomic E-state index is 0.0634. The smallest absolute Gasteiger partial charge is 0.236 e. The van der Waals surface area contributed by atoms with Gasteiger partial charge in [-0.2, -0.15) is 0 Å². The summed E-state index contributed by atoms with van der Waals surface area (Å²) in [6, 6.07) is -0.403. The number of ether oxygens (including phenoxy) is 1. The number of carbonyl (C=O) groups is 1. The molecule has 76 valence electrons. The Morgan fingerprint density at radius 1 is 1.62 bits per heavy atom. The zero-order valence-corrected chi connectivity index (χ0v) is 8.08. The average molecular weight is 186 g/mol. The third-order valence-corrected chi connectivity index (χ3v) is 2.32. The standard InChI is InChI=1S/C9H18N2O2/c1-7(10)9(12)11-6-8-2-4-13-5-3-8/h7-8H,2-6,10H2,1H3,(H,11,12). The van der Waals surface area contributed by atoms with E-state index in [0.717, 1.165) is 32.6 Å². The van der Waals surface area contributed by atoms with Crippen LogP contribution in [0.15, 0.2) is 0 Å². The largest absolute Gasteiger partial charge is 0.381 e. The number of carbonyl (C=O) groups excluding carboxylic acids is 1. The average Bonchev–Trinajstić information content (AvgIpc) is 2.15. The van der Waals surface area contributed by atoms with Gasteiger partial charge < -0.3 is 15.8 Å². The van der Waals surface area contributed by atoms with Gasteiger partial charge in [0.25, 0.3) is 0 Å². The Morgan fingerprint density at radius 2 is 2.23 bits per heavy atom. The Hall–Kier alpha value is -0.610. The van der Waals surface area contributed by atoms with Crippen molar-refractivity contribution < 1.29 is 9.53 Å². The first-order valence-electron chi connectivity index (χ1n) is 4.81. The van der Waals surface area contributed by atoms with Crippen LogP contribution in [0, 0.1) is 5.92 Å². The molecule has 1 aliphatic heterocycles. The van der Waals surface area contributed by atoms with Gasteiger partial charge in [0.15, 0.2) is 0 Å². The molecule has 1 rings (SSSR count). The van der Waals surface area contributed by atoms with E-state index in [1.807, 2.05) is 0 Å². The van der Waals surface area contributed by atoms with Crippen molar-refractivity contribution in [3.05, 3.63) is 0 Å². The van der Waals surface area contributed by atoms with Crippen LogP contribution in [0.2, 0.25) is 0 Å². The molecule has 1 heterocycles. The molecule has 4 nitrogen and oxygen atoms in total. The lowest BCUT2D eigenvalue weighted by atomic mass is 10.0. The molecule has 0 saturated carbocycles. The van der Waals surface area contributed by atoms with Crippen LogP contribution in [0.4, 0.5) is 0 Å². The van der Waals surface area contributed by atoms with Crippen molar-refractivity contribution in [2.45, 2.75) is 25.8 Å². The van der Waals surface area contributed by atoms with Crippen LogP contribution >= 0.6 is 0 Å². The van der Waals surface area contributed by atoms with Crippen molar-refractivity contribution in [1.82, 2.24) is 5.32 Å². The van der Waals surface area contributed by atoms with Crippen LogP contribution in [0.5, 0.6) is 0 Å². The Morgan fingerprint density at radius 3 is 2.77 bits per heavy atom. The second-order valence-electron chi connectivity index (χ2n) is 3.59. The van der Waals surface area contributed by atoms with Gasteiger partial charge in [-0.25, -0.2) is 0 Å². The third kappa shape index (κ3) is 3.74. The van der Waals surface area contributed by atoms with Crippen molar-refractivity contribution in [3.63, 3.8) is 0 Å². The van der Waals surface area contributed by atoms with Crippen LogP contribution in [0.1, 0.15) is 19.8 Å². The molecule has 0 spiro atoms. The zero-order valence-electron chi connectivity index (χ0n) is 8.08. The topological polar surface area (TPSA) is 64.4 Å². The second kappa shape index (κ2) is 5.19.